The fourth-order valence-electron chi connectivity index (χ4n) is 2.82. The largest absolute Gasteiger partial charge is 1.00 e. The van der Waals surface area contributed by atoms with Crippen LogP contribution >= 0.6 is 0 Å². The third kappa shape index (κ3) is 2.54. The Bertz CT molecular complexity index is 445. The first-order chi connectivity index (χ1) is 7.94. The summed E-state index contributed by atoms with van der Waals surface area (Å²) in [7, 11) is 0. The first-order valence-electron chi connectivity index (χ1n) is 6.12. The van der Waals surface area contributed by atoms with E-state index in [0.717, 1.165) is 0 Å². The van der Waals surface area contributed by atoms with Crippen LogP contribution in [0.1, 0.15) is 32.8 Å². The van der Waals surface area contributed by atoms with E-state index in [1.54, 1.807) is 0 Å². The van der Waals surface area contributed by atoms with E-state index in [2.05, 4.69) is 39.0 Å². The zero-order valence-electron chi connectivity index (χ0n) is 11.0. The molecule has 0 bridgehead atoms. The normalized spacial score (nSPS) is 24.2. The van der Waals surface area contributed by atoms with Gasteiger partial charge in [0, 0.05) is 11.0 Å². The number of para-hydroxylation sites is 1. The first-order valence-corrected chi connectivity index (χ1v) is 6.12. The zero-order valence-corrected chi connectivity index (χ0v) is 13.2. The van der Waals surface area contributed by atoms with Crippen LogP contribution in [0.15, 0.2) is 24.3 Å². The molecule has 18 heavy (non-hydrogen) atoms. The number of aliphatic carboxylic acids is 1. The van der Waals surface area contributed by atoms with Gasteiger partial charge in [0.2, 0.25) is 0 Å². The van der Waals surface area contributed by atoms with Crippen molar-refractivity contribution in [3.63, 3.8) is 0 Å². The molecule has 3 nitrogen and oxygen atoms in total. The molecule has 1 aliphatic rings. The minimum Gasteiger partial charge on any atom is -1.00 e. The monoisotopic (exact) mass is 361 g/mol. The Hall–Kier alpha value is -0.620. The molecule has 2 atom stereocenters. The molecule has 4 heteroatoms. The van der Waals surface area contributed by atoms with Crippen molar-refractivity contribution in [2.24, 2.45) is 0 Å². The zero-order chi connectivity index (χ0) is 12.6. The maximum Gasteiger partial charge on any atom is 0.309 e. The third-order valence-corrected chi connectivity index (χ3v) is 4.18. The van der Waals surface area contributed by atoms with Gasteiger partial charge in [-0.2, -0.15) is 0 Å². The van der Waals surface area contributed by atoms with E-state index in [4.69, 9.17) is 5.11 Å². The molecule has 1 aliphatic heterocycles. The summed E-state index contributed by atoms with van der Waals surface area (Å²) in [5, 5.41) is 8.82. The molecule has 1 aromatic carbocycles. The van der Waals surface area contributed by atoms with Crippen LogP contribution in [0.25, 0.3) is 0 Å². The van der Waals surface area contributed by atoms with Gasteiger partial charge in [-0.15, -0.1) is 0 Å². The van der Waals surface area contributed by atoms with E-state index in [0.29, 0.717) is 12.6 Å². The van der Waals surface area contributed by atoms with Gasteiger partial charge in [-0.05, 0) is 26.8 Å². The van der Waals surface area contributed by atoms with Crippen LogP contribution in [0, 0.1) is 0 Å². The lowest BCUT2D eigenvalue weighted by Crippen LogP contribution is -3.10. The Morgan fingerprint density at radius 1 is 1.39 bits per heavy atom. The summed E-state index contributed by atoms with van der Waals surface area (Å²) in [6.07, 6.45) is 0.226. The van der Waals surface area contributed by atoms with Crippen LogP contribution in [0.5, 0.6) is 0 Å². The minimum absolute atomic E-state index is 0. The molecule has 0 saturated heterocycles. The van der Waals surface area contributed by atoms with Crippen LogP contribution in [0.2, 0.25) is 0 Å². The number of benzene rings is 1. The van der Waals surface area contributed by atoms with E-state index in [9.17, 15) is 4.79 Å². The minimum atomic E-state index is -0.716. The van der Waals surface area contributed by atoms with E-state index in [1.165, 1.54) is 16.2 Å². The molecule has 0 amide bonds. The van der Waals surface area contributed by atoms with Crippen molar-refractivity contribution in [2.75, 3.05) is 6.54 Å². The van der Waals surface area contributed by atoms with Gasteiger partial charge in [0.1, 0.15) is 5.69 Å². The van der Waals surface area contributed by atoms with Crippen molar-refractivity contribution < 1.29 is 38.8 Å². The van der Waals surface area contributed by atoms with Gasteiger partial charge in [-0.25, -0.2) is 0 Å². The van der Waals surface area contributed by atoms with Gasteiger partial charge in [-0.3, -0.25) is 9.69 Å². The third-order valence-electron chi connectivity index (χ3n) is 4.18. The molecule has 0 fully saturated rings. The molecule has 0 aromatic heterocycles. The fraction of sp³-hybridized carbons (Fsp3) is 0.500. The Balaban J connectivity index is 0.00000162. The van der Waals surface area contributed by atoms with Crippen molar-refractivity contribution in [1.29, 1.82) is 0 Å². The average molecular weight is 361 g/mol. The highest BCUT2D eigenvalue weighted by Gasteiger charge is 2.46. The van der Waals surface area contributed by atoms with Crippen LogP contribution < -0.4 is 28.9 Å². The van der Waals surface area contributed by atoms with Gasteiger partial charge in [-0.1, -0.05) is 18.2 Å². The van der Waals surface area contributed by atoms with E-state index < -0.39 is 5.97 Å². The highest BCUT2D eigenvalue weighted by atomic mass is 127. The van der Waals surface area contributed by atoms with Crippen LogP contribution in [-0.4, -0.2) is 23.7 Å². The van der Waals surface area contributed by atoms with Crippen LogP contribution in [0.4, 0.5) is 5.69 Å². The van der Waals surface area contributed by atoms with Crippen molar-refractivity contribution >= 4 is 11.7 Å². The Morgan fingerprint density at radius 3 is 2.61 bits per heavy atom. The van der Waals surface area contributed by atoms with Crippen LogP contribution in [0.3, 0.4) is 0 Å². The number of hydrogen-bond donors (Lipinski definition) is 2. The van der Waals surface area contributed by atoms with Crippen molar-refractivity contribution in [2.45, 2.75) is 38.6 Å². The summed E-state index contributed by atoms with van der Waals surface area (Å²) in [5.74, 6) is -0.716. The number of quaternary nitrogens is 1. The lowest BCUT2D eigenvalue weighted by molar-refractivity contribution is -0.855. The lowest BCUT2D eigenvalue weighted by Gasteiger charge is -2.26. The molecular formula is C14H20INO2. The smallest absolute Gasteiger partial charge is 0.309 e. The lowest BCUT2D eigenvalue weighted by atomic mass is 9.81. The molecule has 0 radical (unpaired) electrons. The van der Waals surface area contributed by atoms with Gasteiger partial charge in [0.25, 0.3) is 0 Å². The summed E-state index contributed by atoms with van der Waals surface area (Å²) in [6.45, 7) is 7.35. The molecule has 2 unspecified atom stereocenters. The number of fused-ring (bicyclic) bond motifs is 1. The van der Waals surface area contributed by atoms with Gasteiger partial charge >= 0.3 is 5.97 Å². The second-order valence-corrected chi connectivity index (χ2v) is 5.41. The molecule has 100 valence electrons. The Labute approximate surface area is 125 Å². The summed E-state index contributed by atoms with van der Waals surface area (Å²) in [5.41, 5.74) is 2.74. The second-order valence-electron chi connectivity index (χ2n) is 5.41. The molecule has 2 N–H and O–H groups in total. The van der Waals surface area contributed by atoms with E-state index >= 15 is 0 Å². The van der Waals surface area contributed by atoms with Crippen molar-refractivity contribution in [1.82, 2.24) is 0 Å². The molecule has 2 rings (SSSR count). The topological polar surface area (TPSA) is 41.7 Å². The fourth-order valence-corrected chi connectivity index (χ4v) is 2.82. The number of carboxylic acid groups (broad SMARTS) is 1. The van der Waals surface area contributed by atoms with Gasteiger partial charge in [0.15, 0.2) is 0 Å². The average Bonchev–Trinajstić information content (AvgIpc) is 2.47. The number of nitrogens with one attached hydrogen (secondary N) is 1. The number of rotatable bonds is 3. The second kappa shape index (κ2) is 5.57. The number of hydrogen-bond acceptors (Lipinski definition) is 1. The Morgan fingerprint density at radius 2 is 2.00 bits per heavy atom. The molecule has 0 saturated carbocycles. The first kappa shape index (κ1) is 15.4. The molecule has 0 spiro atoms. The predicted molar refractivity (Wildman–Crippen MR) is 66.7 cm³/mol. The maximum atomic E-state index is 10.7. The number of carboxylic acids is 1. The summed E-state index contributed by atoms with van der Waals surface area (Å²) in [6, 6.07) is 8.80. The molecular weight excluding hydrogens is 341 g/mol. The molecule has 1 aromatic rings. The molecule has 0 aliphatic carbocycles. The van der Waals surface area contributed by atoms with Gasteiger partial charge < -0.3 is 29.1 Å². The van der Waals surface area contributed by atoms with E-state index in [1.807, 2.05) is 6.07 Å². The standard InChI is InChI=1S/C14H19NO2.HI/c1-10-14(2,3)11-6-4-5-7-12(11)15(10)9-8-13(16)17;/h4-7,10H,8-9H2,1-3H3,(H,16,17);1H. The predicted octanol–water partition coefficient (Wildman–Crippen LogP) is -1.64. The van der Waals surface area contributed by atoms with E-state index in [-0.39, 0.29) is 35.8 Å². The number of halogens is 1. The quantitative estimate of drug-likeness (QED) is 0.635. The SMILES string of the molecule is CC1[NH+](CCC(=O)O)c2ccccc2C1(C)C.[I-]. The van der Waals surface area contributed by atoms with Gasteiger partial charge in [0.05, 0.1) is 19.0 Å². The summed E-state index contributed by atoms with van der Waals surface area (Å²) < 4.78 is 0. The Kier molecular flexibility index (Phi) is 4.78. The maximum absolute atomic E-state index is 10.7. The highest BCUT2D eigenvalue weighted by molar-refractivity contribution is 5.66. The van der Waals surface area contributed by atoms with Crippen LogP contribution in [-0.2, 0) is 10.2 Å². The summed E-state index contributed by atoms with van der Waals surface area (Å²) >= 11 is 0. The number of carbonyl (C=O) groups is 1. The highest BCUT2D eigenvalue weighted by Crippen LogP contribution is 2.35. The summed E-state index contributed by atoms with van der Waals surface area (Å²) in [4.78, 5) is 12.0. The van der Waals surface area contributed by atoms with Crippen molar-refractivity contribution in [3.8, 4) is 0 Å². The van der Waals surface area contributed by atoms with Crippen molar-refractivity contribution in [3.05, 3.63) is 29.8 Å². The molecule has 1 heterocycles.